The van der Waals surface area contributed by atoms with Gasteiger partial charge in [0.15, 0.2) is 0 Å². The van der Waals surface area contributed by atoms with Crippen molar-refractivity contribution in [3.05, 3.63) is 59.2 Å². The molecular weight excluding hydrogens is 280 g/mol. The molecule has 0 spiro atoms. The first-order valence-corrected chi connectivity index (χ1v) is 8.24. The maximum absolute atomic E-state index is 6.01. The van der Waals surface area contributed by atoms with E-state index < -0.39 is 0 Å². The van der Waals surface area contributed by atoms with Gasteiger partial charge in [0, 0.05) is 5.69 Å². The molecule has 0 unspecified atom stereocenters. The van der Waals surface area contributed by atoms with Crippen molar-refractivity contribution in [2.45, 2.75) is 50.3 Å². The van der Waals surface area contributed by atoms with E-state index in [4.69, 9.17) is 21.6 Å². The zero-order valence-electron chi connectivity index (χ0n) is 12.5. The van der Waals surface area contributed by atoms with Gasteiger partial charge in [-0.25, -0.2) is 9.97 Å². The van der Waals surface area contributed by atoms with Crippen molar-refractivity contribution >= 4 is 11.6 Å². The number of alkyl halides is 1. The average Bonchev–Trinajstić information content (AvgIpc) is 2.55. The van der Waals surface area contributed by atoms with Crippen LogP contribution in [0.5, 0.6) is 0 Å². The van der Waals surface area contributed by atoms with E-state index in [2.05, 4.69) is 30.3 Å². The molecule has 0 bridgehead atoms. The van der Waals surface area contributed by atoms with Crippen LogP contribution < -0.4 is 0 Å². The van der Waals surface area contributed by atoms with Gasteiger partial charge in [0.1, 0.15) is 5.82 Å². The van der Waals surface area contributed by atoms with E-state index in [1.807, 2.05) is 13.0 Å². The summed E-state index contributed by atoms with van der Waals surface area (Å²) >= 11 is 6.01. The van der Waals surface area contributed by atoms with Crippen molar-refractivity contribution in [2.24, 2.45) is 0 Å². The maximum atomic E-state index is 6.01. The van der Waals surface area contributed by atoms with Crippen LogP contribution in [0, 0.1) is 6.92 Å². The molecule has 1 saturated carbocycles. The minimum absolute atomic E-state index is 0.0354. The summed E-state index contributed by atoms with van der Waals surface area (Å²) in [6, 6.07) is 12.7. The molecule has 1 aromatic heterocycles. The summed E-state index contributed by atoms with van der Waals surface area (Å²) in [4.78, 5) is 9.57. The van der Waals surface area contributed by atoms with Crippen molar-refractivity contribution < 1.29 is 0 Å². The quantitative estimate of drug-likeness (QED) is 0.763. The number of aromatic nitrogens is 2. The molecule has 0 N–H and O–H groups in total. The molecule has 1 aromatic carbocycles. The minimum Gasteiger partial charge on any atom is -0.237 e. The fourth-order valence-corrected chi connectivity index (χ4v) is 3.61. The summed E-state index contributed by atoms with van der Waals surface area (Å²) < 4.78 is 0. The number of benzene rings is 1. The highest BCUT2D eigenvalue weighted by Crippen LogP contribution is 2.43. The Balaban J connectivity index is 2.14. The van der Waals surface area contributed by atoms with E-state index in [0.717, 1.165) is 30.1 Å². The molecule has 0 amide bonds. The molecule has 2 nitrogen and oxygen atoms in total. The van der Waals surface area contributed by atoms with Crippen molar-refractivity contribution in [3.8, 4) is 0 Å². The van der Waals surface area contributed by atoms with Gasteiger partial charge in [-0.1, -0.05) is 49.6 Å². The van der Waals surface area contributed by atoms with E-state index >= 15 is 0 Å². The van der Waals surface area contributed by atoms with Crippen molar-refractivity contribution in [3.63, 3.8) is 0 Å². The second-order valence-corrected chi connectivity index (χ2v) is 6.23. The Labute approximate surface area is 131 Å². The second kappa shape index (κ2) is 6.15. The van der Waals surface area contributed by atoms with Crippen molar-refractivity contribution in [2.75, 3.05) is 0 Å². The van der Waals surface area contributed by atoms with Crippen LogP contribution in [0.25, 0.3) is 0 Å². The first-order valence-electron chi connectivity index (χ1n) is 7.71. The first-order chi connectivity index (χ1) is 10.2. The van der Waals surface area contributed by atoms with Gasteiger partial charge < -0.3 is 0 Å². The van der Waals surface area contributed by atoms with Crippen LogP contribution in [-0.2, 0) is 11.3 Å². The minimum atomic E-state index is -0.0354. The highest BCUT2D eigenvalue weighted by Gasteiger charge is 2.38. The number of hydrogen-bond acceptors (Lipinski definition) is 2. The van der Waals surface area contributed by atoms with Crippen LogP contribution in [0.15, 0.2) is 36.4 Å². The summed E-state index contributed by atoms with van der Waals surface area (Å²) in [5, 5.41) is 0. The molecule has 1 heterocycles. The summed E-state index contributed by atoms with van der Waals surface area (Å²) in [7, 11) is 0. The largest absolute Gasteiger partial charge is 0.237 e. The standard InChI is InChI=1S/C18H21ClN2/c1-14-12-16(13-19)21-17(20-14)18(10-6-3-7-11-18)15-8-4-2-5-9-15/h2,4-5,8-9,12H,3,6-7,10-11,13H2,1H3. The van der Waals surface area contributed by atoms with Crippen LogP contribution in [-0.4, -0.2) is 9.97 Å². The normalized spacial score (nSPS) is 17.6. The Morgan fingerprint density at radius 3 is 2.43 bits per heavy atom. The second-order valence-electron chi connectivity index (χ2n) is 5.97. The molecule has 2 aromatic rings. The molecule has 3 rings (SSSR count). The van der Waals surface area contributed by atoms with E-state index in [0.29, 0.717) is 5.88 Å². The third kappa shape index (κ3) is 2.82. The number of halogens is 1. The molecule has 1 aliphatic carbocycles. The lowest BCUT2D eigenvalue weighted by Crippen LogP contribution is -2.33. The Morgan fingerprint density at radius 2 is 1.76 bits per heavy atom. The smallest absolute Gasteiger partial charge is 0.139 e. The van der Waals surface area contributed by atoms with Crippen molar-refractivity contribution in [1.29, 1.82) is 0 Å². The molecule has 0 saturated heterocycles. The lowest BCUT2D eigenvalue weighted by Gasteiger charge is -2.36. The molecule has 0 radical (unpaired) electrons. The predicted molar refractivity (Wildman–Crippen MR) is 86.6 cm³/mol. The average molecular weight is 301 g/mol. The van der Waals surface area contributed by atoms with E-state index in [1.54, 1.807) is 0 Å². The number of rotatable bonds is 3. The Morgan fingerprint density at radius 1 is 1.05 bits per heavy atom. The number of hydrogen-bond donors (Lipinski definition) is 0. The zero-order valence-corrected chi connectivity index (χ0v) is 13.2. The van der Waals surface area contributed by atoms with E-state index in [1.165, 1.54) is 24.8 Å². The maximum Gasteiger partial charge on any atom is 0.139 e. The van der Waals surface area contributed by atoms with Crippen molar-refractivity contribution in [1.82, 2.24) is 9.97 Å². The molecule has 1 aliphatic rings. The zero-order chi connectivity index (χ0) is 14.7. The summed E-state index contributed by atoms with van der Waals surface area (Å²) in [5.74, 6) is 1.41. The summed E-state index contributed by atoms with van der Waals surface area (Å²) in [6.45, 7) is 2.03. The third-order valence-electron chi connectivity index (χ3n) is 4.51. The van der Waals surface area contributed by atoms with Crippen LogP contribution in [0.1, 0.15) is 54.9 Å². The van der Waals surface area contributed by atoms with Crippen LogP contribution in [0.2, 0.25) is 0 Å². The molecular formula is C18H21ClN2. The topological polar surface area (TPSA) is 25.8 Å². The number of aryl methyl sites for hydroxylation is 1. The van der Waals surface area contributed by atoms with Gasteiger partial charge in [-0.05, 0) is 31.4 Å². The Kier molecular flexibility index (Phi) is 4.25. The fourth-order valence-electron chi connectivity index (χ4n) is 3.47. The van der Waals surface area contributed by atoms with E-state index in [-0.39, 0.29) is 5.41 Å². The van der Waals surface area contributed by atoms with Gasteiger partial charge >= 0.3 is 0 Å². The highest BCUT2D eigenvalue weighted by atomic mass is 35.5. The summed E-state index contributed by atoms with van der Waals surface area (Å²) in [5.41, 5.74) is 3.25. The molecule has 3 heteroatoms. The molecule has 0 aliphatic heterocycles. The van der Waals surface area contributed by atoms with Crippen LogP contribution in [0.4, 0.5) is 0 Å². The van der Waals surface area contributed by atoms with Gasteiger partial charge in [-0.2, -0.15) is 0 Å². The molecule has 110 valence electrons. The van der Waals surface area contributed by atoms with Crippen LogP contribution in [0.3, 0.4) is 0 Å². The van der Waals surface area contributed by atoms with Gasteiger partial charge in [-0.3, -0.25) is 0 Å². The van der Waals surface area contributed by atoms with E-state index in [9.17, 15) is 0 Å². The Bertz CT molecular complexity index is 604. The highest BCUT2D eigenvalue weighted by molar-refractivity contribution is 6.16. The molecule has 1 fully saturated rings. The first kappa shape index (κ1) is 14.5. The molecule has 21 heavy (non-hydrogen) atoms. The third-order valence-corrected chi connectivity index (χ3v) is 4.78. The molecule has 0 atom stereocenters. The SMILES string of the molecule is Cc1cc(CCl)nc(C2(c3ccccc3)CCCCC2)n1. The number of nitrogens with zero attached hydrogens (tertiary/aromatic N) is 2. The monoisotopic (exact) mass is 300 g/mol. The van der Waals surface area contributed by atoms with Gasteiger partial charge in [-0.15, -0.1) is 11.6 Å². The Hall–Kier alpha value is -1.41. The lowest BCUT2D eigenvalue weighted by atomic mass is 9.68. The summed E-state index contributed by atoms with van der Waals surface area (Å²) in [6.07, 6.45) is 6.04. The lowest BCUT2D eigenvalue weighted by molar-refractivity contribution is 0.329. The van der Waals surface area contributed by atoms with Gasteiger partial charge in [0.25, 0.3) is 0 Å². The predicted octanol–water partition coefficient (Wildman–Crippen LogP) is 4.77. The van der Waals surface area contributed by atoms with Crippen LogP contribution >= 0.6 is 11.6 Å². The van der Waals surface area contributed by atoms with Gasteiger partial charge in [0.2, 0.25) is 0 Å². The van der Waals surface area contributed by atoms with Gasteiger partial charge in [0.05, 0.1) is 17.0 Å². The fraction of sp³-hybridized carbons (Fsp3) is 0.444.